The van der Waals surface area contributed by atoms with Crippen LogP contribution in [0.15, 0.2) is 11.6 Å². The third-order valence-corrected chi connectivity index (χ3v) is 15.3. The van der Waals surface area contributed by atoms with Gasteiger partial charge in [0.25, 0.3) is 0 Å². The number of carboxylic acid groups (broad SMARTS) is 2. The van der Waals surface area contributed by atoms with Crippen molar-refractivity contribution in [2.75, 3.05) is 0 Å². The number of aliphatic carboxylic acids is 2. The van der Waals surface area contributed by atoms with Gasteiger partial charge in [0.05, 0.1) is 23.0 Å². The van der Waals surface area contributed by atoms with Crippen molar-refractivity contribution in [3.05, 3.63) is 11.6 Å². The number of fused-ring (bicyclic) bond motifs is 7. The number of aliphatic hydroxyl groups is 3. The van der Waals surface area contributed by atoms with E-state index in [9.17, 15) is 35.1 Å². The molecular formula is C36H56O9. The zero-order chi connectivity index (χ0) is 33.1. The zero-order valence-electron chi connectivity index (χ0n) is 28.2. The largest absolute Gasteiger partial charge is 0.481 e. The van der Waals surface area contributed by atoms with Crippen LogP contribution in [0.5, 0.6) is 0 Å². The van der Waals surface area contributed by atoms with Crippen molar-refractivity contribution in [3.63, 3.8) is 0 Å². The molecule has 45 heavy (non-hydrogen) atoms. The molecule has 0 unspecified atom stereocenters. The second-order valence-corrected chi connectivity index (χ2v) is 17.2. The predicted molar refractivity (Wildman–Crippen MR) is 166 cm³/mol. The van der Waals surface area contributed by atoms with Gasteiger partial charge < -0.3 is 35.0 Å². The summed E-state index contributed by atoms with van der Waals surface area (Å²) in [5.74, 6) is -1.08. The predicted octanol–water partition coefficient (Wildman–Crippen LogP) is 5.01. The first-order valence-corrected chi connectivity index (χ1v) is 17.4. The highest BCUT2D eigenvalue weighted by molar-refractivity contribution is 5.84. The van der Waals surface area contributed by atoms with E-state index in [0.29, 0.717) is 31.6 Å². The summed E-state index contributed by atoms with van der Waals surface area (Å²) in [5.41, 5.74) is -2.13. The molecule has 0 aromatic carbocycles. The molecule has 5 N–H and O–H groups in total. The van der Waals surface area contributed by atoms with Gasteiger partial charge in [-0.15, -0.1) is 0 Å². The summed E-state index contributed by atoms with van der Waals surface area (Å²) in [6, 6.07) is 0. The molecule has 6 aliphatic rings. The molecule has 0 bridgehead atoms. The SMILES string of the molecule is C[C@H]1[C@H](C)CC[C@]2(C(=O)O)CC[C@]3(C(=O)O)C(=CC[C@@H]4[C@@]5(C)CC[C@H](O[C@H]6O[C@@H](C)[C@H](O)[C@@H](O)[C@H]6O)C(C)(C)[C@H]5CC[C@]43C)[C@H]12. The van der Waals surface area contributed by atoms with Crippen LogP contribution in [0, 0.1) is 56.7 Å². The molecule has 6 rings (SSSR count). The Morgan fingerprint density at radius 2 is 1.51 bits per heavy atom. The van der Waals surface area contributed by atoms with Crippen molar-refractivity contribution in [1.29, 1.82) is 0 Å². The van der Waals surface area contributed by atoms with Crippen LogP contribution in [0.1, 0.15) is 106 Å². The maximum Gasteiger partial charge on any atom is 0.314 e. The second-order valence-electron chi connectivity index (χ2n) is 17.2. The Balaban J connectivity index is 1.35. The molecule has 1 saturated heterocycles. The highest BCUT2D eigenvalue weighted by atomic mass is 16.7. The Morgan fingerprint density at radius 1 is 0.822 bits per heavy atom. The Hall–Kier alpha value is -1.52. The monoisotopic (exact) mass is 632 g/mol. The van der Waals surface area contributed by atoms with Crippen molar-refractivity contribution in [2.45, 2.75) is 143 Å². The van der Waals surface area contributed by atoms with Crippen LogP contribution in [0.2, 0.25) is 0 Å². The van der Waals surface area contributed by atoms with E-state index in [2.05, 4.69) is 47.6 Å². The number of ether oxygens (including phenoxy) is 2. The van der Waals surface area contributed by atoms with E-state index in [1.54, 1.807) is 6.92 Å². The van der Waals surface area contributed by atoms with Gasteiger partial charge in [-0.25, -0.2) is 0 Å². The van der Waals surface area contributed by atoms with Gasteiger partial charge in [-0.2, -0.15) is 0 Å². The van der Waals surface area contributed by atoms with Gasteiger partial charge in [-0.3, -0.25) is 9.59 Å². The maximum absolute atomic E-state index is 13.8. The van der Waals surface area contributed by atoms with Crippen LogP contribution in [0.25, 0.3) is 0 Å². The van der Waals surface area contributed by atoms with Gasteiger partial charge in [0.1, 0.15) is 18.3 Å². The first-order chi connectivity index (χ1) is 20.9. The Labute approximate surface area is 267 Å². The molecule has 0 aromatic rings. The smallest absolute Gasteiger partial charge is 0.314 e. The molecule has 0 radical (unpaired) electrons. The lowest BCUT2D eigenvalue weighted by molar-refractivity contribution is -0.324. The molecule has 0 spiro atoms. The van der Waals surface area contributed by atoms with Crippen LogP contribution in [0.4, 0.5) is 0 Å². The van der Waals surface area contributed by atoms with Crippen molar-refractivity contribution >= 4 is 11.9 Å². The van der Waals surface area contributed by atoms with Gasteiger partial charge in [0, 0.05) is 0 Å². The summed E-state index contributed by atoms with van der Waals surface area (Å²) in [5, 5.41) is 53.2. The average Bonchev–Trinajstić information content (AvgIpc) is 2.97. The molecule has 5 aliphatic carbocycles. The molecule has 254 valence electrons. The van der Waals surface area contributed by atoms with E-state index in [4.69, 9.17) is 9.47 Å². The van der Waals surface area contributed by atoms with Crippen molar-refractivity contribution < 1.29 is 44.6 Å². The molecule has 15 atom stereocenters. The van der Waals surface area contributed by atoms with Crippen LogP contribution in [-0.2, 0) is 19.1 Å². The van der Waals surface area contributed by atoms with E-state index >= 15 is 0 Å². The molecule has 5 fully saturated rings. The Morgan fingerprint density at radius 3 is 2.16 bits per heavy atom. The maximum atomic E-state index is 13.8. The second kappa shape index (κ2) is 10.7. The summed E-state index contributed by atoms with van der Waals surface area (Å²) < 4.78 is 12.3. The minimum atomic E-state index is -1.36. The lowest BCUT2D eigenvalue weighted by atomic mass is 9.33. The van der Waals surface area contributed by atoms with Gasteiger partial charge in [-0.1, -0.05) is 53.2 Å². The molecule has 0 amide bonds. The quantitative estimate of drug-likeness (QED) is 0.213. The molecule has 1 heterocycles. The summed E-state index contributed by atoms with van der Waals surface area (Å²) >= 11 is 0. The van der Waals surface area contributed by atoms with Crippen molar-refractivity contribution in [3.8, 4) is 0 Å². The van der Waals surface area contributed by atoms with E-state index < -0.39 is 58.9 Å². The number of aliphatic hydroxyl groups excluding tert-OH is 3. The highest BCUT2D eigenvalue weighted by Crippen LogP contribution is 2.76. The van der Waals surface area contributed by atoms with Gasteiger partial charge in [0.2, 0.25) is 0 Å². The van der Waals surface area contributed by atoms with Crippen LogP contribution in [0.3, 0.4) is 0 Å². The molecule has 0 aromatic heterocycles. The number of carbonyl (C=O) groups is 2. The van der Waals surface area contributed by atoms with E-state index in [0.717, 1.165) is 37.7 Å². The van der Waals surface area contributed by atoms with Gasteiger partial charge in [-0.05, 0) is 111 Å². The van der Waals surface area contributed by atoms with Crippen LogP contribution >= 0.6 is 0 Å². The van der Waals surface area contributed by atoms with E-state index in [1.807, 2.05) is 0 Å². The van der Waals surface area contributed by atoms with E-state index in [-0.39, 0.29) is 40.6 Å². The summed E-state index contributed by atoms with van der Waals surface area (Å²) in [4.78, 5) is 26.8. The number of hydrogen-bond donors (Lipinski definition) is 5. The fourth-order valence-corrected chi connectivity index (χ4v) is 12.5. The standard InChI is InChI=1S/C36H56O9/c1-18-10-15-35(30(40)41)16-17-36(31(42)43)21(25(35)19(18)2)8-9-23-33(6)13-12-24(32(4,5)22(33)11-14-34(23,36)7)45-29-28(39)27(38)26(37)20(3)44-29/h8,18-20,22-29,37-39H,9-17H2,1-7H3,(H,40,41)(H,42,43)/t18-,19+,20+,22-,23-,24+,25+,26+,27-,28-,29-,33+,34-,35+,36-/m1/s1. The fourth-order valence-electron chi connectivity index (χ4n) is 12.5. The van der Waals surface area contributed by atoms with Crippen molar-refractivity contribution in [1.82, 2.24) is 0 Å². The summed E-state index contributed by atoms with van der Waals surface area (Å²) in [6.07, 6.45) is 2.36. The number of hydrogen-bond acceptors (Lipinski definition) is 7. The topological polar surface area (TPSA) is 154 Å². The van der Waals surface area contributed by atoms with Crippen molar-refractivity contribution in [2.24, 2.45) is 56.7 Å². The van der Waals surface area contributed by atoms with Crippen LogP contribution in [-0.4, -0.2) is 74.3 Å². The third-order valence-electron chi connectivity index (χ3n) is 15.3. The lowest BCUT2D eigenvalue weighted by Crippen LogP contribution is -2.68. The molecule has 4 saturated carbocycles. The Kier molecular flexibility index (Phi) is 7.97. The normalized spacial score (nSPS) is 54.0. The van der Waals surface area contributed by atoms with Crippen LogP contribution < -0.4 is 0 Å². The first-order valence-electron chi connectivity index (χ1n) is 17.4. The molecule has 9 heteroatoms. The van der Waals surface area contributed by atoms with Gasteiger partial charge in [0.15, 0.2) is 6.29 Å². The van der Waals surface area contributed by atoms with Gasteiger partial charge >= 0.3 is 11.9 Å². The number of allylic oxidation sites excluding steroid dienone is 1. The highest BCUT2D eigenvalue weighted by Gasteiger charge is 2.73. The summed E-state index contributed by atoms with van der Waals surface area (Å²) in [6.45, 7) is 15.0. The van der Waals surface area contributed by atoms with E-state index in [1.165, 1.54) is 0 Å². The molecule has 1 aliphatic heterocycles. The minimum absolute atomic E-state index is 0.0958. The number of rotatable bonds is 4. The average molecular weight is 633 g/mol. The molecule has 9 nitrogen and oxygen atoms in total. The first kappa shape index (κ1) is 33.4. The summed E-state index contributed by atoms with van der Waals surface area (Å²) in [7, 11) is 0. The number of carboxylic acids is 2. The fraction of sp³-hybridized carbons (Fsp3) is 0.889. The molecular weight excluding hydrogens is 576 g/mol. The zero-order valence-corrected chi connectivity index (χ0v) is 28.2. The third kappa shape index (κ3) is 4.28. The lowest BCUT2D eigenvalue weighted by Gasteiger charge is -2.70. The Bertz CT molecular complexity index is 1250. The minimum Gasteiger partial charge on any atom is -0.481 e.